The molecule has 484 valence electrons. The smallest absolute Gasteiger partial charge is 0.876 e. The molecular weight excluding hydrogens is 1320 g/mol. The Kier molecular flexibility index (Phi) is 36.5. The number of anilines is 7. The molecule has 0 spiro atoms. The van der Waals surface area contributed by atoms with E-state index in [0.717, 1.165) is 60.4 Å². The number of aromatic nitrogens is 3. The molecule has 0 radical (unpaired) electrons. The molecule has 0 unspecified atom stereocenters. The van der Waals surface area contributed by atoms with Crippen molar-refractivity contribution in [2.45, 2.75) is 96.9 Å². The molecule has 8 aromatic carbocycles. The molecule has 94 heavy (non-hydrogen) atoms. The molecular formula is C77H84Br2ClLiN8O5. The Balaban J connectivity index is 0.000000401. The van der Waals surface area contributed by atoms with Crippen molar-refractivity contribution in [2.24, 2.45) is 0 Å². The molecule has 9 rings (SSSR count). The molecule has 0 aliphatic heterocycles. The van der Waals surface area contributed by atoms with Crippen LogP contribution in [0.5, 0.6) is 0 Å². The van der Waals surface area contributed by atoms with Gasteiger partial charge in [0, 0.05) is 49.0 Å². The van der Waals surface area contributed by atoms with E-state index in [9.17, 15) is 24.3 Å². The van der Waals surface area contributed by atoms with Gasteiger partial charge in [0.1, 0.15) is 17.9 Å². The van der Waals surface area contributed by atoms with Gasteiger partial charge in [-0.15, -0.1) is 12.3 Å². The van der Waals surface area contributed by atoms with E-state index in [1.807, 2.05) is 115 Å². The average molecular weight is 1400 g/mol. The second kappa shape index (κ2) is 42.3. The van der Waals surface area contributed by atoms with Gasteiger partial charge in [-0.1, -0.05) is 112 Å². The van der Waals surface area contributed by atoms with Crippen LogP contribution in [0.25, 0.3) is 18.2 Å². The van der Waals surface area contributed by atoms with Crippen molar-refractivity contribution in [2.75, 3.05) is 27.4 Å². The predicted molar refractivity (Wildman–Crippen MR) is 397 cm³/mol. The summed E-state index contributed by atoms with van der Waals surface area (Å²) in [6.07, 6.45) is 10.9. The van der Waals surface area contributed by atoms with Crippen molar-refractivity contribution in [1.82, 2.24) is 15.0 Å². The molecule has 9 aromatic rings. The molecule has 13 nitrogen and oxygen atoms in total. The Morgan fingerprint density at radius 1 is 0.479 bits per heavy atom. The first kappa shape index (κ1) is 81.1. The van der Waals surface area contributed by atoms with E-state index in [2.05, 4.69) is 156 Å². The second-order valence-corrected chi connectivity index (χ2v) is 23.8. The van der Waals surface area contributed by atoms with Gasteiger partial charge in [-0.3, -0.25) is 19.2 Å². The Morgan fingerprint density at radius 2 is 0.798 bits per heavy atom. The summed E-state index contributed by atoms with van der Waals surface area (Å²) in [6, 6.07) is 50.7. The van der Waals surface area contributed by atoms with Gasteiger partial charge in [0.05, 0.1) is 11.4 Å². The Hall–Kier alpha value is -8.94. The third-order valence-corrected chi connectivity index (χ3v) is 14.8. The number of rotatable bonds is 12. The molecule has 0 fully saturated rings. The number of halogens is 3. The van der Waals surface area contributed by atoms with Crippen LogP contribution in [-0.2, 0) is 14.4 Å². The Bertz CT molecular complexity index is 3920. The summed E-state index contributed by atoms with van der Waals surface area (Å²) in [5.74, 6) is 1.14. The van der Waals surface area contributed by atoms with E-state index < -0.39 is 0 Å². The normalized spacial score (nSPS) is 10.1. The third kappa shape index (κ3) is 32.6. The van der Waals surface area contributed by atoms with Crippen molar-refractivity contribution >= 4 is 125 Å². The topological polar surface area (TPSA) is 218 Å². The van der Waals surface area contributed by atoms with Crippen LogP contribution in [0.15, 0.2) is 197 Å². The number of hydrogen-bond donors (Lipinski definition) is 5. The maximum absolute atomic E-state index is 12.1. The minimum atomic E-state index is -0.217. The number of amides is 1. The van der Waals surface area contributed by atoms with Crippen LogP contribution >= 0.6 is 43.5 Å². The van der Waals surface area contributed by atoms with E-state index in [-0.39, 0.29) is 47.4 Å². The van der Waals surface area contributed by atoms with Gasteiger partial charge in [0.25, 0.3) is 0 Å². The van der Waals surface area contributed by atoms with Crippen LogP contribution in [0, 0.1) is 76.2 Å². The number of benzene rings is 8. The van der Waals surface area contributed by atoms with Crippen LogP contribution in [0.3, 0.4) is 0 Å². The van der Waals surface area contributed by atoms with Crippen molar-refractivity contribution in [3.8, 4) is 0 Å². The van der Waals surface area contributed by atoms with Crippen molar-refractivity contribution in [3.63, 3.8) is 0 Å². The summed E-state index contributed by atoms with van der Waals surface area (Å²) in [5.41, 5.74) is 33.1. The van der Waals surface area contributed by atoms with E-state index in [4.69, 9.17) is 23.1 Å². The number of aldehydes is 1. The molecule has 0 aliphatic carbocycles. The number of aryl methyl sites for hydroxylation is 8. The maximum Gasteiger partial charge on any atom is 1.00 e. The zero-order valence-corrected chi connectivity index (χ0v) is 60.4. The first-order valence-corrected chi connectivity index (χ1v) is 31.5. The van der Waals surface area contributed by atoms with E-state index in [1.165, 1.54) is 70.0 Å². The first-order chi connectivity index (χ1) is 43.9. The van der Waals surface area contributed by atoms with Crippen LogP contribution in [-0.4, -0.2) is 38.7 Å². The number of para-hydroxylation sites is 2. The molecule has 0 atom stereocenters. The van der Waals surface area contributed by atoms with Gasteiger partial charge in [-0.2, -0.15) is 0 Å². The first-order valence-electron chi connectivity index (χ1n) is 29.5. The molecule has 1 aromatic heterocycles. The molecule has 17 heteroatoms. The third-order valence-electron chi connectivity index (χ3n) is 13.6. The summed E-state index contributed by atoms with van der Waals surface area (Å²) in [4.78, 5) is 55.2. The zero-order valence-electron chi connectivity index (χ0n) is 56.4. The van der Waals surface area contributed by atoms with Gasteiger partial charge in [0.2, 0.25) is 11.2 Å². The minimum absolute atomic E-state index is 0. The fourth-order valence-electron chi connectivity index (χ4n) is 8.05. The number of nitrogens with one attached hydrogen (secondary N) is 3. The Labute approximate surface area is 589 Å². The monoisotopic (exact) mass is 1400 g/mol. The molecule has 0 saturated heterocycles. The Morgan fingerprint density at radius 3 is 1.13 bits per heavy atom. The fraction of sp³-hybridized carbons (Fsp3) is 0.182. The quantitative estimate of drug-likeness (QED) is 0.0254. The number of carbonyl (C=O) groups is 4. The van der Waals surface area contributed by atoms with E-state index in [0.29, 0.717) is 28.6 Å². The summed E-state index contributed by atoms with van der Waals surface area (Å²) < 4.78 is 2.04. The summed E-state index contributed by atoms with van der Waals surface area (Å²) in [6.45, 7) is 30.1. The van der Waals surface area contributed by atoms with Crippen LogP contribution < -0.4 is 51.4 Å². The predicted octanol–water partition coefficient (Wildman–Crippen LogP) is 16.1. The SMILES string of the molecule is C=C(C)[O-].CC(=O)/C=C/c1ccc(Br)cc1.CC(=O)/C=C/c1ccc(Nc2cc(C)c(C)c(C)c2)cc1.Cc1cc(N)cc(C)c1C.Cc1cc(Nc2ccc(/C=C/C(=O)Nc3ccccc3N)cc2)cc(C)c1C.Cc1nc(C)nc(Cl)n1.O=Cc1ccc(Br)cc1.[Li+]. The molecule has 1 amide bonds. The molecule has 0 bridgehead atoms. The van der Waals surface area contributed by atoms with Crippen molar-refractivity contribution in [3.05, 3.63) is 286 Å². The number of carbonyl (C=O) groups excluding carboxylic acids is 4. The van der Waals surface area contributed by atoms with Gasteiger partial charge in [0.15, 0.2) is 11.6 Å². The van der Waals surface area contributed by atoms with Crippen molar-refractivity contribution < 1.29 is 43.1 Å². The number of nitrogens with two attached hydrogens (primary N) is 2. The summed E-state index contributed by atoms with van der Waals surface area (Å²) in [5, 5.41) is 19.2. The van der Waals surface area contributed by atoms with Crippen molar-refractivity contribution in [1.29, 1.82) is 0 Å². The molecule has 1 heterocycles. The van der Waals surface area contributed by atoms with Gasteiger partial charge in [-0.05, 0) is 284 Å². The second-order valence-electron chi connectivity index (χ2n) is 21.7. The minimum Gasteiger partial charge on any atom is -0.876 e. The number of hydrogen-bond acceptors (Lipinski definition) is 12. The largest absolute Gasteiger partial charge is 1.00 e. The van der Waals surface area contributed by atoms with E-state index in [1.54, 1.807) is 69.3 Å². The number of ketones is 2. The maximum atomic E-state index is 12.1. The van der Waals surface area contributed by atoms with Crippen LogP contribution in [0.2, 0.25) is 5.28 Å². The number of allylic oxidation sites excluding steroid dienone is 3. The summed E-state index contributed by atoms with van der Waals surface area (Å²) in [7, 11) is 0. The number of nitrogen functional groups attached to an aromatic ring is 2. The molecule has 7 N–H and O–H groups in total. The standard InChI is InChI=1S/C24H25N3O.C19H21NO.C10H9BrO.C9H13N.C7H5BrO.C5H6ClN3.C3H6O.Li/c1-16-14-21(15-17(2)18(16)3)26-20-11-8-19(9-12-20)10-13-24(28)27-23-7-5-4-6-22(23)25;1-13-11-19(12-14(2)16(13)4)20-18-9-7-17(8-10-18)6-5-15(3)21;1-8(12)2-3-9-4-6-10(11)7-5-9;1-6-4-9(10)5-7(2)8(6)3;8-7-3-1-6(5-9)2-4-7;1-3-7-4(2)9-5(6)8-3;1-3(2)4;/h4-15,26H,25H2,1-3H3,(H,27,28);5-12,20H,1-4H3;2-7H,1H3;4-5H,10H2,1-3H3;1-5H;1-2H3;4H,1H2,2H3;/q;;;;;;;+1/p-1/b13-10+;6-5+;3-2+;;;;;. The van der Waals surface area contributed by atoms with E-state index >= 15 is 0 Å². The average Bonchev–Trinajstić information content (AvgIpc) is 1.84. The molecule has 0 saturated carbocycles. The summed E-state index contributed by atoms with van der Waals surface area (Å²) >= 11 is 12.1. The fourth-order valence-corrected chi connectivity index (χ4v) is 8.82. The van der Waals surface area contributed by atoms with Gasteiger partial charge < -0.3 is 32.5 Å². The van der Waals surface area contributed by atoms with Crippen LogP contribution in [0.4, 0.5) is 39.8 Å². The molecule has 0 aliphatic rings. The van der Waals surface area contributed by atoms with Gasteiger partial charge >= 0.3 is 18.9 Å². The van der Waals surface area contributed by atoms with Gasteiger partial charge in [-0.25, -0.2) is 15.0 Å². The zero-order chi connectivity index (χ0) is 69.3. The number of nitrogens with zero attached hydrogens (tertiary/aromatic N) is 3. The van der Waals surface area contributed by atoms with Crippen LogP contribution in [0.1, 0.15) is 110 Å².